The van der Waals surface area contributed by atoms with Gasteiger partial charge in [0.05, 0.1) is 0 Å². The Morgan fingerprint density at radius 1 is 1.47 bits per heavy atom. The first kappa shape index (κ1) is 15.0. The zero-order chi connectivity index (χ0) is 11.4. The summed E-state index contributed by atoms with van der Waals surface area (Å²) in [5.41, 5.74) is 1.21. The van der Waals surface area contributed by atoms with Gasteiger partial charge in [0.1, 0.15) is 0 Å². The average molecular weight is 306 g/mol. The van der Waals surface area contributed by atoms with Crippen LogP contribution in [0.15, 0.2) is 30.3 Å². The fourth-order valence-corrected chi connectivity index (χ4v) is 2.15. The number of nitrogens with zero attached hydrogens (tertiary/aromatic N) is 1. The van der Waals surface area contributed by atoms with E-state index >= 15 is 0 Å². The van der Waals surface area contributed by atoms with Crippen LogP contribution in [0.3, 0.4) is 0 Å². The van der Waals surface area contributed by atoms with Crippen molar-refractivity contribution in [1.82, 2.24) is 4.90 Å². The standard InChI is InChI=1S/C13H15NO2.Y/c1-14-8-7-12(16-10-9-15)13(14)11-5-3-2-4-6-11;/h2-6,13H,7-8,10H2,1H3;/q-2;/t13-;/m0./s1. The molecule has 89 valence electrons. The third-order valence-electron chi connectivity index (χ3n) is 2.89. The number of hydrogen-bond donors (Lipinski definition) is 0. The van der Waals surface area contributed by atoms with Crippen LogP contribution in [0.2, 0.25) is 0 Å². The van der Waals surface area contributed by atoms with Gasteiger partial charge in [-0.1, -0.05) is 48.5 Å². The number of carbonyl (C=O) groups excluding carboxylic acids is 1. The number of rotatable bonds is 4. The van der Waals surface area contributed by atoms with E-state index in [1.54, 1.807) is 6.29 Å². The number of likely N-dealkylation sites (N-methyl/N-ethyl adjacent to an activating group) is 1. The van der Waals surface area contributed by atoms with E-state index in [0.29, 0.717) is 0 Å². The van der Waals surface area contributed by atoms with E-state index in [1.165, 1.54) is 5.56 Å². The van der Waals surface area contributed by atoms with Gasteiger partial charge in [0.15, 0.2) is 0 Å². The maximum absolute atomic E-state index is 10.2. The molecule has 17 heavy (non-hydrogen) atoms. The molecule has 0 amide bonds. The SMILES string of the molecule is CN1CC[C-](OC[C-]=O)[C@@H]1c1ccccc1.[Y]. The van der Waals surface area contributed by atoms with E-state index < -0.39 is 0 Å². The van der Waals surface area contributed by atoms with Crippen LogP contribution in [0.25, 0.3) is 0 Å². The molecule has 4 heteroatoms. The minimum atomic E-state index is 0. The van der Waals surface area contributed by atoms with Crippen molar-refractivity contribution in [2.24, 2.45) is 0 Å². The van der Waals surface area contributed by atoms with Crippen molar-refractivity contribution in [2.45, 2.75) is 12.5 Å². The summed E-state index contributed by atoms with van der Waals surface area (Å²) < 4.78 is 5.44. The van der Waals surface area contributed by atoms with Gasteiger partial charge in [0.25, 0.3) is 0 Å². The first-order valence-electron chi connectivity index (χ1n) is 5.41. The van der Waals surface area contributed by atoms with E-state index in [-0.39, 0.29) is 45.4 Å². The maximum Gasteiger partial charge on any atom is 0 e. The zero-order valence-corrected chi connectivity index (χ0v) is 12.8. The first-order chi connectivity index (χ1) is 7.83. The van der Waals surface area contributed by atoms with Crippen LogP contribution in [0, 0.1) is 6.10 Å². The maximum atomic E-state index is 10.2. The Bertz CT molecular complexity index is 345. The van der Waals surface area contributed by atoms with Crippen LogP contribution in [0.4, 0.5) is 0 Å². The van der Waals surface area contributed by atoms with E-state index in [9.17, 15) is 4.79 Å². The molecule has 1 radical (unpaired) electrons. The van der Waals surface area contributed by atoms with E-state index in [0.717, 1.165) is 19.1 Å². The Balaban J connectivity index is 0.00000144. The predicted octanol–water partition coefficient (Wildman–Crippen LogP) is 1.72. The van der Waals surface area contributed by atoms with Crippen LogP contribution in [0.5, 0.6) is 0 Å². The molecule has 3 nitrogen and oxygen atoms in total. The zero-order valence-electron chi connectivity index (χ0n) is 9.93. The largest absolute Gasteiger partial charge is 0.569 e. The molecule has 1 atom stereocenters. The molecule has 0 saturated carbocycles. The molecule has 1 aromatic rings. The summed E-state index contributed by atoms with van der Waals surface area (Å²) in [5, 5.41) is 0. The van der Waals surface area contributed by atoms with Gasteiger partial charge in [-0.25, -0.2) is 6.29 Å². The summed E-state index contributed by atoms with van der Waals surface area (Å²) in [6.45, 7) is 1.00. The molecule has 1 fully saturated rings. The first-order valence-corrected chi connectivity index (χ1v) is 5.41. The Morgan fingerprint density at radius 3 is 2.82 bits per heavy atom. The molecule has 1 aliphatic rings. The summed E-state index contributed by atoms with van der Waals surface area (Å²) in [6.07, 6.45) is 3.63. The molecule has 1 aromatic carbocycles. The Labute approximate surface area is 127 Å². The number of benzene rings is 1. The van der Waals surface area contributed by atoms with E-state index in [4.69, 9.17) is 4.74 Å². The van der Waals surface area contributed by atoms with E-state index in [2.05, 4.69) is 24.1 Å². The second-order valence-electron chi connectivity index (χ2n) is 3.94. The summed E-state index contributed by atoms with van der Waals surface area (Å²) in [6, 6.07) is 10.4. The Hall–Kier alpha value is -0.0861. The average Bonchev–Trinajstić information content (AvgIpc) is 2.69. The number of likely N-dealkylation sites (tertiary alicyclic amines) is 1. The number of hydrogen-bond acceptors (Lipinski definition) is 3. The monoisotopic (exact) mass is 306 g/mol. The van der Waals surface area contributed by atoms with Gasteiger partial charge in [0, 0.05) is 32.7 Å². The minimum absolute atomic E-state index is 0. The van der Waals surface area contributed by atoms with Crippen LogP contribution >= 0.6 is 0 Å². The van der Waals surface area contributed by atoms with Crippen LogP contribution in [0.1, 0.15) is 18.0 Å². The molecule has 0 N–H and O–H groups in total. The van der Waals surface area contributed by atoms with E-state index in [1.807, 2.05) is 18.2 Å². The molecule has 0 aliphatic carbocycles. The van der Waals surface area contributed by atoms with Crippen molar-refractivity contribution in [3.63, 3.8) is 0 Å². The second kappa shape index (κ2) is 7.37. The predicted molar refractivity (Wildman–Crippen MR) is 61.3 cm³/mol. The topological polar surface area (TPSA) is 29.5 Å². The van der Waals surface area contributed by atoms with Crippen molar-refractivity contribution < 1.29 is 42.2 Å². The molecule has 1 aliphatic heterocycles. The molecule has 0 spiro atoms. The molecular weight excluding hydrogens is 291 g/mol. The smallest absolute Gasteiger partial charge is 0 e. The van der Waals surface area contributed by atoms with Gasteiger partial charge in [-0.2, -0.15) is 6.10 Å². The molecule has 0 bridgehead atoms. The van der Waals surface area contributed by atoms with Gasteiger partial charge >= 0.3 is 0 Å². The summed E-state index contributed by atoms with van der Waals surface area (Å²) >= 11 is 0. The van der Waals surface area contributed by atoms with Crippen molar-refractivity contribution >= 4 is 6.29 Å². The fraction of sp³-hybridized carbons (Fsp3) is 0.385. The fourth-order valence-electron chi connectivity index (χ4n) is 2.15. The van der Waals surface area contributed by atoms with Crippen molar-refractivity contribution in [2.75, 3.05) is 20.2 Å². The van der Waals surface area contributed by atoms with Crippen molar-refractivity contribution in [3.8, 4) is 0 Å². The van der Waals surface area contributed by atoms with Crippen LogP contribution in [-0.4, -0.2) is 31.4 Å². The number of ether oxygens (including phenoxy) is 1. The molecule has 1 saturated heterocycles. The van der Waals surface area contributed by atoms with Crippen LogP contribution < -0.4 is 0 Å². The molecule has 1 heterocycles. The molecule has 0 unspecified atom stereocenters. The third kappa shape index (κ3) is 3.69. The van der Waals surface area contributed by atoms with Gasteiger partial charge in [-0.15, -0.1) is 6.42 Å². The Kier molecular flexibility index (Phi) is 6.49. The second-order valence-corrected chi connectivity index (χ2v) is 3.94. The summed E-state index contributed by atoms with van der Waals surface area (Å²) in [4.78, 5) is 12.4. The van der Waals surface area contributed by atoms with Gasteiger partial charge in [0.2, 0.25) is 0 Å². The normalized spacial score (nSPS) is 21.1. The van der Waals surface area contributed by atoms with Gasteiger partial charge in [-0.3, -0.25) is 0 Å². The molecule has 2 rings (SSSR count). The molecular formula is C13H15NO2Y-2. The summed E-state index contributed by atoms with van der Waals surface area (Å²) in [5.74, 6) is 0. The summed E-state index contributed by atoms with van der Waals surface area (Å²) in [7, 11) is 2.07. The van der Waals surface area contributed by atoms with Crippen LogP contribution in [-0.2, 0) is 42.2 Å². The van der Waals surface area contributed by atoms with Gasteiger partial charge < -0.3 is 14.4 Å². The van der Waals surface area contributed by atoms with Gasteiger partial charge in [-0.05, 0) is 13.6 Å². The van der Waals surface area contributed by atoms with Crippen molar-refractivity contribution in [3.05, 3.63) is 42.0 Å². The minimum Gasteiger partial charge on any atom is -0.569 e. The quantitative estimate of drug-likeness (QED) is 0.793. The van der Waals surface area contributed by atoms with Crippen molar-refractivity contribution in [1.29, 1.82) is 0 Å². The Morgan fingerprint density at radius 2 is 2.18 bits per heavy atom. The molecule has 0 aromatic heterocycles. The third-order valence-corrected chi connectivity index (χ3v) is 2.89.